The van der Waals surface area contributed by atoms with E-state index in [0.717, 1.165) is 29.8 Å². The Labute approximate surface area is 124 Å². The number of nitrogens with two attached hydrogens (primary N) is 1. The van der Waals surface area contributed by atoms with E-state index in [9.17, 15) is 0 Å². The molecule has 3 rings (SSSR count). The lowest BCUT2D eigenvalue weighted by Gasteiger charge is -2.17. The fraction of sp³-hybridized carbons (Fsp3) is 0.250. The van der Waals surface area contributed by atoms with Crippen LogP contribution in [0.4, 0.5) is 5.82 Å². The topological polar surface area (TPSA) is 50.9 Å². The van der Waals surface area contributed by atoms with Crippen LogP contribution in [0.2, 0.25) is 0 Å². The Morgan fingerprint density at radius 3 is 2.50 bits per heavy atom. The van der Waals surface area contributed by atoms with Crippen molar-refractivity contribution in [2.75, 3.05) is 5.32 Å². The number of hydrogen-bond acceptors (Lipinski definition) is 3. The Hall–Kier alpha value is -1.94. The minimum atomic E-state index is 0.356. The van der Waals surface area contributed by atoms with Crippen molar-refractivity contribution in [2.45, 2.75) is 25.8 Å². The molecule has 0 atom stereocenters. The molecule has 0 spiro atoms. The fourth-order valence-electron chi connectivity index (χ4n) is 2.83. The summed E-state index contributed by atoms with van der Waals surface area (Å²) in [5.74, 6) is 0.801. The molecule has 1 aliphatic rings. The third-order valence-corrected chi connectivity index (χ3v) is 4.00. The largest absolute Gasteiger partial charge is 0.389 e. The number of rotatable bonds is 3. The quantitative estimate of drug-likeness (QED) is 0.850. The van der Waals surface area contributed by atoms with Crippen molar-refractivity contribution in [2.24, 2.45) is 5.73 Å². The molecule has 1 aromatic carbocycles. The zero-order chi connectivity index (χ0) is 14.1. The summed E-state index contributed by atoms with van der Waals surface area (Å²) >= 11 is 5.15. The Bertz CT molecular complexity index is 642. The number of nitrogens with zero attached hydrogens (tertiary/aromatic N) is 1. The van der Waals surface area contributed by atoms with Crippen LogP contribution >= 0.6 is 12.2 Å². The zero-order valence-corrected chi connectivity index (χ0v) is 12.2. The smallest absolute Gasteiger partial charge is 0.136 e. The Kier molecular flexibility index (Phi) is 3.40. The second-order valence-electron chi connectivity index (χ2n) is 5.23. The van der Waals surface area contributed by atoms with Gasteiger partial charge in [0.25, 0.3) is 0 Å². The molecule has 3 N–H and O–H groups in total. The van der Waals surface area contributed by atoms with E-state index in [2.05, 4.69) is 34.6 Å². The summed E-state index contributed by atoms with van der Waals surface area (Å²) in [5.41, 5.74) is 10.6. The zero-order valence-electron chi connectivity index (χ0n) is 11.4. The highest BCUT2D eigenvalue weighted by molar-refractivity contribution is 7.80. The molecule has 0 amide bonds. The molecule has 0 radical (unpaired) electrons. The van der Waals surface area contributed by atoms with Crippen LogP contribution in [-0.4, -0.2) is 16.0 Å². The van der Waals surface area contributed by atoms with Gasteiger partial charge in [0.15, 0.2) is 0 Å². The maximum Gasteiger partial charge on any atom is 0.136 e. The number of thiocarbonyl (C=S) groups is 1. The van der Waals surface area contributed by atoms with Gasteiger partial charge in [0.05, 0.1) is 5.56 Å². The lowest BCUT2D eigenvalue weighted by Crippen LogP contribution is -2.24. The summed E-state index contributed by atoms with van der Waals surface area (Å²) in [4.78, 5) is 4.81. The molecule has 0 unspecified atom stereocenters. The highest BCUT2D eigenvalue weighted by Crippen LogP contribution is 2.25. The first-order valence-corrected chi connectivity index (χ1v) is 7.14. The van der Waals surface area contributed by atoms with Crippen molar-refractivity contribution < 1.29 is 0 Å². The predicted octanol–water partition coefficient (Wildman–Crippen LogP) is 2.60. The third kappa shape index (κ3) is 2.39. The van der Waals surface area contributed by atoms with Gasteiger partial charge < -0.3 is 11.1 Å². The van der Waals surface area contributed by atoms with Crippen molar-refractivity contribution in [1.82, 2.24) is 4.98 Å². The Morgan fingerprint density at radius 1 is 1.25 bits per heavy atom. The molecular formula is C16H17N3S. The maximum absolute atomic E-state index is 5.83. The van der Waals surface area contributed by atoms with Crippen molar-refractivity contribution in [3.8, 4) is 0 Å². The van der Waals surface area contributed by atoms with Crippen LogP contribution in [0.3, 0.4) is 0 Å². The van der Waals surface area contributed by atoms with Gasteiger partial charge in [-0.05, 0) is 42.5 Å². The van der Waals surface area contributed by atoms with Gasteiger partial charge in [-0.25, -0.2) is 4.98 Å². The molecule has 0 bridgehead atoms. The second kappa shape index (κ2) is 5.21. The van der Waals surface area contributed by atoms with Crippen LogP contribution in [0.25, 0.3) is 0 Å². The molecule has 0 saturated heterocycles. The summed E-state index contributed by atoms with van der Waals surface area (Å²) in [6.07, 6.45) is 3.83. The molecule has 0 fully saturated rings. The first-order valence-electron chi connectivity index (χ1n) is 6.74. The highest BCUT2D eigenvalue weighted by Gasteiger charge is 2.22. The van der Waals surface area contributed by atoms with Crippen LogP contribution < -0.4 is 11.1 Å². The molecule has 0 aliphatic heterocycles. The fourth-order valence-corrected chi connectivity index (χ4v) is 3.09. The van der Waals surface area contributed by atoms with E-state index in [4.69, 9.17) is 18.0 Å². The molecule has 20 heavy (non-hydrogen) atoms. The van der Waals surface area contributed by atoms with E-state index in [1.165, 1.54) is 11.1 Å². The van der Waals surface area contributed by atoms with E-state index in [-0.39, 0.29) is 0 Å². The standard InChI is InChI=1S/C16H17N3S/c1-10-6-7-18-16(14(10)15(17)20)19-13-8-11-4-2-3-5-12(11)9-13/h2-7,13H,8-9H2,1H3,(H2,17,20)(H,18,19). The first kappa shape index (κ1) is 13.1. The molecule has 102 valence electrons. The van der Waals surface area contributed by atoms with Gasteiger partial charge in [-0.1, -0.05) is 36.5 Å². The van der Waals surface area contributed by atoms with Crippen LogP contribution in [0, 0.1) is 6.92 Å². The van der Waals surface area contributed by atoms with Gasteiger partial charge in [0, 0.05) is 12.2 Å². The van der Waals surface area contributed by atoms with Gasteiger partial charge in [0.2, 0.25) is 0 Å². The lowest BCUT2D eigenvalue weighted by molar-refractivity contribution is 0.768. The minimum Gasteiger partial charge on any atom is -0.389 e. The normalized spacial score (nSPS) is 14.1. The Balaban J connectivity index is 1.84. The summed E-state index contributed by atoms with van der Waals surface area (Å²) < 4.78 is 0. The molecular weight excluding hydrogens is 266 g/mol. The third-order valence-electron chi connectivity index (χ3n) is 3.80. The number of pyridine rings is 1. The van der Waals surface area contributed by atoms with Gasteiger partial charge in [-0.3, -0.25) is 0 Å². The summed E-state index contributed by atoms with van der Waals surface area (Å²) in [7, 11) is 0. The number of nitrogens with one attached hydrogen (secondary N) is 1. The molecule has 1 aliphatic carbocycles. The average Bonchev–Trinajstić information content (AvgIpc) is 2.80. The van der Waals surface area contributed by atoms with Crippen molar-refractivity contribution in [3.05, 3.63) is 58.8 Å². The van der Waals surface area contributed by atoms with E-state index >= 15 is 0 Å². The molecule has 2 aromatic rings. The van der Waals surface area contributed by atoms with E-state index < -0.39 is 0 Å². The number of aromatic nitrogens is 1. The number of hydrogen-bond donors (Lipinski definition) is 2. The van der Waals surface area contributed by atoms with Crippen molar-refractivity contribution in [1.29, 1.82) is 0 Å². The van der Waals surface area contributed by atoms with E-state index in [1.807, 2.05) is 13.0 Å². The monoisotopic (exact) mass is 283 g/mol. The van der Waals surface area contributed by atoms with E-state index in [0.29, 0.717) is 11.0 Å². The van der Waals surface area contributed by atoms with Gasteiger partial charge >= 0.3 is 0 Å². The van der Waals surface area contributed by atoms with Gasteiger partial charge in [0.1, 0.15) is 10.8 Å². The van der Waals surface area contributed by atoms with Gasteiger partial charge in [-0.15, -0.1) is 0 Å². The number of anilines is 1. The number of aryl methyl sites for hydroxylation is 1. The molecule has 3 nitrogen and oxygen atoms in total. The summed E-state index contributed by atoms with van der Waals surface area (Å²) in [6, 6.07) is 10.8. The highest BCUT2D eigenvalue weighted by atomic mass is 32.1. The number of benzene rings is 1. The van der Waals surface area contributed by atoms with Crippen LogP contribution in [0.5, 0.6) is 0 Å². The van der Waals surface area contributed by atoms with Crippen molar-refractivity contribution >= 4 is 23.0 Å². The number of fused-ring (bicyclic) bond motifs is 1. The summed E-state index contributed by atoms with van der Waals surface area (Å²) in [6.45, 7) is 2.00. The van der Waals surface area contributed by atoms with Crippen LogP contribution in [0.1, 0.15) is 22.3 Å². The molecule has 0 saturated carbocycles. The summed E-state index contributed by atoms with van der Waals surface area (Å²) in [5, 5.41) is 3.50. The second-order valence-corrected chi connectivity index (χ2v) is 5.67. The predicted molar refractivity (Wildman–Crippen MR) is 86.1 cm³/mol. The molecule has 1 heterocycles. The van der Waals surface area contributed by atoms with Crippen LogP contribution in [-0.2, 0) is 12.8 Å². The molecule has 4 heteroatoms. The molecule has 1 aromatic heterocycles. The van der Waals surface area contributed by atoms with E-state index in [1.54, 1.807) is 6.20 Å². The average molecular weight is 283 g/mol. The Morgan fingerprint density at radius 2 is 1.90 bits per heavy atom. The minimum absolute atomic E-state index is 0.356. The lowest BCUT2D eigenvalue weighted by atomic mass is 10.1. The first-order chi connectivity index (χ1) is 9.65. The SMILES string of the molecule is Cc1ccnc(NC2Cc3ccccc3C2)c1C(N)=S. The van der Waals surface area contributed by atoms with Crippen LogP contribution in [0.15, 0.2) is 36.5 Å². The maximum atomic E-state index is 5.83. The van der Waals surface area contributed by atoms with Crippen molar-refractivity contribution in [3.63, 3.8) is 0 Å². The van der Waals surface area contributed by atoms with Gasteiger partial charge in [-0.2, -0.15) is 0 Å².